The third kappa shape index (κ3) is 2.83. The zero-order valence-electron chi connectivity index (χ0n) is 14.0. The number of nitrogens with zero attached hydrogens (tertiary/aromatic N) is 2. The van der Waals surface area contributed by atoms with Crippen LogP contribution in [0.15, 0.2) is 66.7 Å². The van der Waals surface area contributed by atoms with Gasteiger partial charge >= 0.3 is 0 Å². The van der Waals surface area contributed by atoms with E-state index >= 15 is 0 Å². The molecular formula is C21H22N2O. The highest BCUT2D eigenvalue weighted by Crippen LogP contribution is 2.27. The van der Waals surface area contributed by atoms with E-state index in [-0.39, 0.29) is 0 Å². The molecule has 0 unspecified atom stereocenters. The van der Waals surface area contributed by atoms with Gasteiger partial charge < -0.3 is 14.2 Å². The fraction of sp³-hybridized carbons (Fsp3) is 0.238. The van der Waals surface area contributed by atoms with E-state index in [1.807, 2.05) is 0 Å². The number of benzene rings is 2. The quantitative estimate of drug-likeness (QED) is 0.717. The van der Waals surface area contributed by atoms with Gasteiger partial charge in [-0.15, -0.1) is 0 Å². The first-order valence-corrected chi connectivity index (χ1v) is 8.50. The summed E-state index contributed by atoms with van der Waals surface area (Å²) in [5.74, 6) is 0. The van der Waals surface area contributed by atoms with Gasteiger partial charge in [-0.3, -0.25) is 0 Å². The third-order valence-electron chi connectivity index (χ3n) is 4.63. The standard InChI is InChI=1S/C21H22N2O/c1-17-7-12-21(18-5-3-2-4-6-18)23(17)20-10-8-19(9-11-20)22-13-15-24-16-14-22/h2-12H,13-16H2,1H3. The number of hydrogen-bond donors (Lipinski definition) is 0. The number of morpholine rings is 1. The Morgan fingerprint density at radius 3 is 2.12 bits per heavy atom. The molecule has 0 spiro atoms. The van der Waals surface area contributed by atoms with E-state index in [1.54, 1.807) is 0 Å². The molecule has 122 valence electrons. The highest BCUT2D eigenvalue weighted by Gasteiger charge is 2.13. The first-order valence-electron chi connectivity index (χ1n) is 8.50. The Balaban J connectivity index is 1.68. The molecule has 24 heavy (non-hydrogen) atoms. The maximum absolute atomic E-state index is 5.44. The lowest BCUT2D eigenvalue weighted by Gasteiger charge is -2.29. The summed E-state index contributed by atoms with van der Waals surface area (Å²) in [6.45, 7) is 5.73. The van der Waals surface area contributed by atoms with Crippen molar-refractivity contribution in [2.24, 2.45) is 0 Å². The van der Waals surface area contributed by atoms with Crippen LogP contribution in [-0.2, 0) is 4.74 Å². The van der Waals surface area contributed by atoms with Crippen molar-refractivity contribution in [3.63, 3.8) is 0 Å². The minimum Gasteiger partial charge on any atom is -0.378 e. The van der Waals surface area contributed by atoms with Crippen molar-refractivity contribution in [1.29, 1.82) is 0 Å². The summed E-state index contributed by atoms with van der Waals surface area (Å²) < 4.78 is 7.76. The molecular weight excluding hydrogens is 296 g/mol. The van der Waals surface area contributed by atoms with E-state index in [9.17, 15) is 0 Å². The maximum Gasteiger partial charge on any atom is 0.0642 e. The predicted molar refractivity (Wildman–Crippen MR) is 99.0 cm³/mol. The summed E-state index contributed by atoms with van der Waals surface area (Å²) in [4.78, 5) is 2.38. The van der Waals surface area contributed by atoms with Crippen molar-refractivity contribution < 1.29 is 4.74 Å². The Bertz CT molecular complexity index is 800. The molecule has 3 aromatic rings. The van der Waals surface area contributed by atoms with Gasteiger partial charge in [-0.2, -0.15) is 0 Å². The third-order valence-corrected chi connectivity index (χ3v) is 4.63. The van der Waals surface area contributed by atoms with E-state index in [1.165, 1.54) is 28.3 Å². The van der Waals surface area contributed by atoms with Crippen molar-refractivity contribution in [3.8, 4) is 16.9 Å². The van der Waals surface area contributed by atoms with Gasteiger partial charge in [0.15, 0.2) is 0 Å². The van der Waals surface area contributed by atoms with Crippen molar-refractivity contribution in [3.05, 3.63) is 72.4 Å². The molecule has 0 amide bonds. The Hall–Kier alpha value is -2.52. The number of aryl methyl sites for hydroxylation is 1. The van der Waals surface area contributed by atoms with Gasteiger partial charge in [-0.1, -0.05) is 30.3 Å². The van der Waals surface area contributed by atoms with Gasteiger partial charge in [0.05, 0.1) is 18.9 Å². The molecule has 3 nitrogen and oxygen atoms in total. The lowest BCUT2D eigenvalue weighted by Crippen LogP contribution is -2.36. The van der Waals surface area contributed by atoms with Crippen LogP contribution < -0.4 is 4.90 Å². The number of anilines is 1. The molecule has 2 aromatic carbocycles. The Morgan fingerprint density at radius 2 is 1.42 bits per heavy atom. The highest BCUT2D eigenvalue weighted by atomic mass is 16.5. The molecule has 4 rings (SSSR count). The van der Waals surface area contributed by atoms with Crippen LogP contribution in [0.5, 0.6) is 0 Å². The number of ether oxygens (including phenoxy) is 1. The summed E-state index contributed by atoms with van der Waals surface area (Å²) in [5, 5.41) is 0. The van der Waals surface area contributed by atoms with E-state index in [0.717, 1.165) is 26.3 Å². The molecule has 1 saturated heterocycles. The summed E-state index contributed by atoms with van der Waals surface area (Å²) in [6.07, 6.45) is 0. The van der Waals surface area contributed by atoms with Crippen LogP contribution in [0, 0.1) is 6.92 Å². The second kappa shape index (κ2) is 6.54. The van der Waals surface area contributed by atoms with Gasteiger partial charge in [-0.05, 0) is 48.9 Å². The molecule has 0 aliphatic carbocycles. The molecule has 0 saturated carbocycles. The van der Waals surface area contributed by atoms with Gasteiger partial charge in [-0.25, -0.2) is 0 Å². The Morgan fingerprint density at radius 1 is 0.750 bits per heavy atom. The minimum absolute atomic E-state index is 0.816. The summed E-state index contributed by atoms with van der Waals surface area (Å²) in [6, 6.07) is 23.8. The summed E-state index contributed by atoms with van der Waals surface area (Å²) in [5.41, 5.74) is 6.18. The first kappa shape index (κ1) is 15.0. The smallest absolute Gasteiger partial charge is 0.0642 e. The van der Waals surface area contributed by atoms with E-state index in [0.29, 0.717) is 0 Å². The van der Waals surface area contributed by atoms with Crippen LogP contribution >= 0.6 is 0 Å². The lowest BCUT2D eigenvalue weighted by molar-refractivity contribution is 0.122. The number of rotatable bonds is 3. The molecule has 0 bridgehead atoms. The molecule has 0 radical (unpaired) electrons. The second-order valence-electron chi connectivity index (χ2n) is 6.18. The van der Waals surface area contributed by atoms with Gasteiger partial charge in [0.1, 0.15) is 0 Å². The lowest BCUT2D eigenvalue weighted by atomic mass is 10.1. The Kier molecular flexibility index (Phi) is 4.09. The molecule has 0 N–H and O–H groups in total. The first-order chi connectivity index (χ1) is 11.8. The molecule has 1 aliphatic heterocycles. The zero-order chi connectivity index (χ0) is 16.4. The average Bonchev–Trinajstić information content (AvgIpc) is 3.05. The molecule has 0 atom stereocenters. The van der Waals surface area contributed by atoms with Crippen LogP contribution in [0.25, 0.3) is 16.9 Å². The van der Waals surface area contributed by atoms with Crippen LogP contribution in [-0.4, -0.2) is 30.9 Å². The van der Waals surface area contributed by atoms with Crippen molar-refractivity contribution in [2.75, 3.05) is 31.2 Å². The number of hydrogen-bond acceptors (Lipinski definition) is 2. The average molecular weight is 318 g/mol. The maximum atomic E-state index is 5.44. The molecule has 2 heterocycles. The monoisotopic (exact) mass is 318 g/mol. The topological polar surface area (TPSA) is 17.4 Å². The molecule has 3 heteroatoms. The van der Waals surface area contributed by atoms with E-state index in [4.69, 9.17) is 4.74 Å². The van der Waals surface area contributed by atoms with Gasteiger partial charge in [0.25, 0.3) is 0 Å². The number of aromatic nitrogens is 1. The van der Waals surface area contributed by atoms with E-state index in [2.05, 4.69) is 83.1 Å². The van der Waals surface area contributed by atoms with Crippen LogP contribution in [0.1, 0.15) is 5.69 Å². The summed E-state index contributed by atoms with van der Waals surface area (Å²) in [7, 11) is 0. The van der Waals surface area contributed by atoms with Crippen LogP contribution in [0.4, 0.5) is 5.69 Å². The Labute approximate surface area is 143 Å². The predicted octanol–water partition coefficient (Wildman–Crippen LogP) is 4.29. The highest BCUT2D eigenvalue weighted by molar-refractivity contribution is 5.65. The van der Waals surface area contributed by atoms with Crippen LogP contribution in [0.2, 0.25) is 0 Å². The van der Waals surface area contributed by atoms with Crippen molar-refractivity contribution >= 4 is 5.69 Å². The molecule has 1 fully saturated rings. The normalized spacial score (nSPS) is 14.8. The van der Waals surface area contributed by atoms with Crippen molar-refractivity contribution in [2.45, 2.75) is 6.92 Å². The van der Waals surface area contributed by atoms with E-state index < -0.39 is 0 Å². The van der Waals surface area contributed by atoms with Gasteiger partial charge in [0.2, 0.25) is 0 Å². The fourth-order valence-corrected chi connectivity index (χ4v) is 3.35. The molecule has 1 aliphatic rings. The summed E-state index contributed by atoms with van der Waals surface area (Å²) >= 11 is 0. The van der Waals surface area contributed by atoms with Crippen LogP contribution in [0.3, 0.4) is 0 Å². The minimum atomic E-state index is 0.816. The second-order valence-corrected chi connectivity index (χ2v) is 6.18. The fourth-order valence-electron chi connectivity index (χ4n) is 3.35. The molecule has 1 aromatic heterocycles. The zero-order valence-corrected chi connectivity index (χ0v) is 14.0. The van der Waals surface area contributed by atoms with Crippen molar-refractivity contribution in [1.82, 2.24) is 4.57 Å². The van der Waals surface area contributed by atoms with Gasteiger partial charge in [0, 0.05) is 30.2 Å². The SMILES string of the molecule is Cc1ccc(-c2ccccc2)n1-c1ccc(N2CCOCC2)cc1. The largest absolute Gasteiger partial charge is 0.378 e.